The van der Waals surface area contributed by atoms with Crippen LogP contribution in [0.5, 0.6) is 0 Å². The molecular weight excluding hydrogens is 306 g/mol. The molecule has 1 aliphatic heterocycles. The quantitative estimate of drug-likeness (QED) is 0.837. The van der Waals surface area contributed by atoms with E-state index in [1.54, 1.807) is 4.90 Å². The van der Waals surface area contributed by atoms with Crippen LogP contribution in [-0.4, -0.2) is 39.8 Å². The first-order chi connectivity index (χ1) is 11.4. The van der Waals surface area contributed by atoms with Crippen LogP contribution in [0.3, 0.4) is 0 Å². The number of carbonyl (C=O) groups excluding carboxylic acids is 1. The Morgan fingerprint density at radius 2 is 2.04 bits per heavy atom. The molecule has 0 aliphatic carbocycles. The van der Waals surface area contributed by atoms with Crippen LogP contribution >= 0.6 is 0 Å². The van der Waals surface area contributed by atoms with Crippen LogP contribution in [0.2, 0.25) is 0 Å². The lowest BCUT2D eigenvalue weighted by atomic mass is 9.98. The van der Waals surface area contributed by atoms with E-state index in [9.17, 15) is 4.79 Å². The van der Waals surface area contributed by atoms with Crippen LogP contribution in [0, 0.1) is 0 Å². The Kier molecular flexibility index (Phi) is 4.55. The van der Waals surface area contributed by atoms with Crippen molar-refractivity contribution in [1.82, 2.24) is 15.0 Å². The van der Waals surface area contributed by atoms with Gasteiger partial charge >= 0.3 is 6.09 Å². The van der Waals surface area contributed by atoms with E-state index in [4.69, 9.17) is 9.26 Å². The molecule has 1 atom stereocenters. The molecule has 0 unspecified atom stereocenters. The third-order valence-corrected chi connectivity index (χ3v) is 3.90. The maximum Gasteiger partial charge on any atom is 0.410 e. The molecule has 6 heteroatoms. The summed E-state index contributed by atoms with van der Waals surface area (Å²) in [5, 5.41) is 4.07. The molecule has 1 saturated heterocycles. The Labute approximate surface area is 141 Å². The number of rotatable bonds is 2. The van der Waals surface area contributed by atoms with Gasteiger partial charge in [-0.1, -0.05) is 35.5 Å². The molecule has 0 radical (unpaired) electrons. The topological polar surface area (TPSA) is 68.5 Å². The largest absolute Gasteiger partial charge is 0.444 e. The van der Waals surface area contributed by atoms with Crippen LogP contribution in [0.1, 0.15) is 45.4 Å². The molecular formula is C18H23N3O3. The van der Waals surface area contributed by atoms with Crippen molar-refractivity contribution < 1.29 is 14.1 Å². The Balaban J connectivity index is 1.69. The third-order valence-electron chi connectivity index (χ3n) is 3.90. The standard InChI is InChI=1S/C18H23N3O3/c1-18(2,3)23-17(22)21-11-7-10-14(12-21)16-19-15(20-24-16)13-8-5-4-6-9-13/h4-6,8-9,14H,7,10-12H2,1-3H3/t14-/m0/s1. The molecule has 2 aromatic rings. The molecule has 0 bridgehead atoms. The second kappa shape index (κ2) is 6.63. The van der Waals surface area contributed by atoms with Crippen molar-refractivity contribution in [3.05, 3.63) is 36.2 Å². The first kappa shape index (κ1) is 16.5. The van der Waals surface area contributed by atoms with Gasteiger partial charge in [0.2, 0.25) is 11.7 Å². The Morgan fingerprint density at radius 3 is 2.75 bits per heavy atom. The molecule has 3 rings (SSSR count). The maximum absolute atomic E-state index is 12.3. The summed E-state index contributed by atoms with van der Waals surface area (Å²) in [6.45, 7) is 6.86. The number of aromatic nitrogens is 2. The lowest BCUT2D eigenvalue weighted by Gasteiger charge is -2.32. The molecule has 2 heterocycles. The maximum atomic E-state index is 12.3. The fourth-order valence-electron chi connectivity index (χ4n) is 2.78. The van der Waals surface area contributed by atoms with Crippen LogP contribution in [0.15, 0.2) is 34.9 Å². The van der Waals surface area contributed by atoms with Gasteiger partial charge in [-0.05, 0) is 33.6 Å². The van der Waals surface area contributed by atoms with E-state index in [1.165, 1.54) is 0 Å². The van der Waals surface area contributed by atoms with E-state index in [-0.39, 0.29) is 12.0 Å². The van der Waals surface area contributed by atoms with E-state index < -0.39 is 5.60 Å². The van der Waals surface area contributed by atoms with E-state index in [2.05, 4.69) is 10.1 Å². The van der Waals surface area contributed by atoms with Crippen molar-refractivity contribution in [2.75, 3.05) is 13.1 Å². The fraction of sp³-hybridized carbons (Fsp3) is 0.500. The molecule has 6 nitrogen and oxygen atoms in total. The monoisotopic (exact) mass is 329 g/mol. The van der Waals surface area contributed by atoms with E-state index in [0.717, 1.165) is 18.4 Å². The molecule has 1 aliphatic rings. The predicted octanol–water partition coefficient (Wildman–Crippen LogP) is 3.85. The number of hydrogen-bond donors (Lipinski definition) is 0. The van der Waals surface area contributed by atoms with Gasteiger partial charge in [0.25, 0.3) is 0 Å². The van der Waals surface area contributed by atoms with Gasteiger partial charge in [-0.25, -0.2) is 4.79 Å². The van der Waals surface area contributed by atoms with Gasteiger partial charge in [-0.2, -0.15) is 4.98 Å². The molecule has 0 N–H and O–H groups in total. The summed E-state index contributed by atoms with van der Waals surface area (Å²) < 4.78 is 10.9. The van der Waals surface area contributed by atoms with E-state index >= 15 is 0 Å². The van der Waals surface area contributed by atoms with Crippen molar-refractivity contribution in [2.24, 2.45) is 0 Å². The van der Waals surface area contributed by atoms with Crippen molar-refractivity contribution in [2.45, 2.75) is 45.1 Å². The zero-order valence-corrected chi connectivity index (χ0v) is 14.4. The van der Waals surface area contributed by atoms with Crippen LogP contribution < -0.4 is 0 Å². The van der Waals surface area contributed by atoms with Gasteiger partial charge in [0.05, 0.1) is 5.92 Å². The molecule has 1 amide bonds. The summed E-state index contributed by atoms with van der Waals surface area (Å²) in [6, 6.07) is 9.72. The molecule has 1 aromatic carbocycles. The SMILES string of the molecule is CC(C)(C)OC(=O)N1CCC[C@H](c2nc(-c3ccccc3)no2)C1. The number of carbonyl (C=O) groups is 1. The second-order valence-electron chi connectivity index (χ2n) is 7.09. The highest BCUT2D eigenvalue weighted by molar-refractivity contribution is 5.68. The lowest BCUT2D eigenvalue weighted by Crippen LogP contribution is -2.42. The molecule has 0 saturated carbocycles. The summed E-state index contributed by atoms with van der Waals surface area (Å²) in [5.74, 6) is 1.22. The predicted molar refractivity (Wildman–Crippen MR) is 89.5 cm³/mol. The van der Waals surface area contributed by atoms with Crippen molar-refractivity contribution in [3.63, 3.8) is 0 Å². The fourth-order valence-corrected chi connectivity index (χ4v) is 2.78. The summed E-state index contributed by atoms with van der Waals surface area (Å²) in [7, 11) is 0. The summed E-state index contributed by atoms with van der Waals surface area (Å²) in [5.41, 5.74) is 0.432. The molecule has 128 valence electrons. The molecule has 24 heavy (non-hydrogen) atoms. The van der Waals surface area contributed by atoms with Crippen LogP contribution in [0.4, 0.5) is 4.79 Å². The van der Waals surface area contributed by atoms with Gasteiger partial charge in [-0.15, -0.1) is 0 Å². The van der Waals surface area contributed by atoms with E-state index in [0.29, 0.717) is 24.8 Å². The van der Waals surface area contributed by atoms with Crippen LogP contribution in [0.25, 0.3) is 11.4 Å². The number of piperidine rings is 1. The smallest absolute Gasteiger partial charge is 0.410 e. The molecule has 1 fully saturated rings. The van der Waals surface area contributed by atoms with Gasteiger partial charge in [-0.3, -0.25) is 0 Å². The normalized spacial score (nSPS) is 18.5. The minimum Gasteiger partial charge on any atom is -0.444 e. The van der Waals surface area contributed by atoms with Gasteiger partial charge in [0.1, 0.15) is 5.60 Å². The van der Waals surface area contributed by atoms with Gasteiger partial charge in [0, 0.05) is 18.7 Å². The highest BCUT2D eigenvalue weighted by atomic mass is 16.6. The summed E-state index contributed by atoms with van der Waals surface area (Å²) in [6.07, 6.45) is 1.54. The highest BCUT2D eigenvalue weighted by Gasteiger charge is 2.31. The third kappa shape index (κ3) is 3.93. The van der Waals surface area contributed by atoms with Gasteiger partial charge < -0.3 is 14.2 Å². The second-order valence-corrected chi connectivity index (χ2v) is 7.09. The molecule has 1 aromatic heterocycles. The first-order valence-corrected chi connectivity index (χ1v) is 8.29. The minimum atomic E-state index is -0.491. The zero-order chi connectivity index (χ0) is 17.2. The van der Waals surface area contributed by atoms with E-state index in [1.807, 2.05) is 51.1 Å². The van der Waals surface area contributed by atoms with Crippen molar-refractivity contribution >= 4 is 6.09 Å². The number of nitrogens with zero attached hydrogens (tertiary/aromatic N) is 3. The van der Waals surface area contributed by atoms with Gasteiger partial charge in [0.15, 0.2) is 0 Å². The zero-order valence-electron chi connectivity index (χ0n) is 14.4. The van der Waals surface area contributed by atoms with Crippen molar-refractivity contribution in [3.8, 4) is 11.4 Å². The first-order valence-electron chi connectivity index (χ1n) is 8.29. The number of likely N-dealkylation sites (tertiary alicyclic amines) is 1. The van der Waals surface area contributed by atoms with Crippen molar-refractivity contribution in [1.29, 1.82) is 0 Å². The summed E-state index contributed by atoms with van der Waals surface area (Å²) in [4.78, 5) is 18.5. The highest BCUT2D eigenvalue weighted by Crippen LogP contribution is 2.28. The Bertz CT molecular complexity index is 691. The number of hydrogen-bond acceptors (Lipinski definition) is 5. The molecule has 0 spiro atoms. The Hall–Kier alpha value is -2.37. The average molecular weight is 329 g/mol. The number of ether oxygens (including phenoxy) is 1. The Morgan fingerprint density at radius 1 is 1.29 bits per heavy atom. The average Bonchev–Trinajstić information content (AvgIpc) is 3.04. The summed E-state index contributed by atoms with van der Waals surface area (Å²) >= 11 is 0. The minimum absolute atomic E-state index is 0.0521. The lowest BCUT2D eigenvalue weighted by molar-refractivity contribution is 0.0189. The number of amides is 1. The van der Waals surface area contributed by atoms with Crippen LogP contribution in [-0.2, 0) is 4.74 Å². The number of benzene rings is 1.